The Morgan fingerprint density at radius 2 is 1.72 bits per heavy atom. The summed E-state index contributed by atoms with van der Waals surface area (Å²) in [6.07, 6.45) is 5.61. The van der Waals surface area contributed by atoms with E-state index in [0.717, 1.165) is 35.5 Å². The first kappa shape index (κ1) is 12.7. The van der Waals surface area contributed by atoms with Gasteiger partial charge in [0.25, 0.3) is 0 Å². The second-order valence-corrected chi connectivity index (χ2v) is 10.9. The Bertz CT molecular complexity index is 780. The lowest BCUT2D eigenvalue weighted by Crippen LogP contribution is -2.65. The first-order valence-electron chi connectivity index (χ1n) is 10.7. The number of ether oxygens (including phenoxy) is 3. The minimum atomic E-state index is -0.194. The van der Waals surface area contributed by atoms with E-state index in [1.54, 1.807) is 0 Å². The Labute approximate surface area is 146 Å². The SMILES string of the molecule is CO[C@@H]1CC[C@@H]2[C@@H]1[C@H]1[C@H]3[C@H]4[C@H]5[C@@H]6CC[C@@H]7O[C@H]8OC(=O)[C@@]15[C@]8([C@H]4[C@@H]67)[C@@H]23. The van der Waals surface area contributed by atoms with Gasteiger partial charge in [-0.05, 0) is 84.9 Å². The maximum atomic E-state index is 13.6. The minimum absolute atomic E-state index is 0.0839. The summed E-state index contributed by atoms with van der Waals surface area (Å²) < 4.78 is 18.7. The van der Waals surface area contributed by atoms with Gasteiger partial charge in [-0.25, -0.2) is 0 Å². The first-order valence-corrected chi connectivity index (χ1v) is 10.7. The third kappa shape index (κ3) is 0.790. The molecular weight excluding hydrogens is 316 g/mol. The highest BCUT2D eigenvalue weighted by molar-refractivity contribution is 5.86. The number of hydrogen-bond acceptors (Lipinski definition) is 4. The molecule has 2 heterocycles. The lowest BCUT2D eigenvalue weighted by Gasteiger charge is -2.59. The zero-order valence-electron chi connectivity index (χ0n) is 14.5. The van der Waals surface area contributed by atoms with Crippen molar-refractivity contribution in [3.05, 3.63) is 0 Å². The van der Waals surface area contributed by atoms with E-state index >= 15 is 0 Å². The largest absolute Gasteiger partial charge is 0.435 e. The molecule has 132 valence electrons. The van der Waals surface area contributed by atoms with E-state index in [0.29, 0.717) is 35.9 Å². The van der Waals surface area contributed by atoms with Crippen LogP contribution in [0.4, 0.5) is 0 Å². The molecule has 0 N–H and O–H groups in total. The Hall–Kier alpha value is -0.610. The van der Waals surface area contributed by atoms with Gasteiger partial charge in [0.1, 0.15) is 0 Å². The van der Waals surface area contributed by atoms with E-state index in [-0.39, 0.29) is 23.1 Å². The second-order valence-electron chi connectivity index (χ2n) is 10.9. The van der Waals surface area contributed by atoms with E-state index in [9.17, 15) is 4.79 Å². The van der Waals surface area contributed by atoms with Crippen molar-refractivity contribution in [2.24, 2.45) is 70.0 Å². The predicted molar refractivity (Wildman–Crippen MR) is 83.8 cm³/mol. The number of hydrogen-bond donors (Lipinski definition) is 0. The molecule has 15 atom stereocenters. The molecule has 10 fully saturated rings. The lowest BCUT2D eigenvalue weighted by atomic mass is 9.43. The summed E-state index contributed by atoms with van der Waals surface area (Å²) in [7, 11) is 1.89. The normalized spacial score (nSPS) is 79.1. The molecule has 0 radical (unpaired) electrons. The monoisotopic (exact) mass is 340 g/mol. The van der Waals surface area contributed by atoms with Gasteiger partial charge in [0.05, 0.1) is 23.0 Å². The molecule has 0 unspecified atom stereocenters. The molecule has 8 bridgehead atoms. The van der Waals surface area contributed by atoms with Gasteiger partial charge in [0.15, 0.2) is 0 Å². The maximum absolute atomic E-state index is 13.6. The molecule has 0 amide bonds. The molecule has 0 aromatic heterocycles. The number of methoxy groups -OCH3 is 1. The van der Waals surface area contributed by atoms with Gasteiger partial charge < -0.3 is 14.2 Å². The molecule has 10 aliphatic rings. The Kier molecular flexibility index (Phi) is 1.64. The van der Waals surface area contributed by atoms with Crippen LogP contribution >= 0.6 is 0 Å². The fraction of sp³-hybridized carbons (Fsp3) is 0.952. The molecule has 0 aromatic rings. The van der Waals surface area contributed by atoms with Crippen molar-refractivity contribution in [2.45, 2.75) is 44.2 Å². The van der Waals surface area contributed by atoms with Crippen molar-refractivity contribution in [3.8, 4) is 0 Å². The minimum Gasteiger partial charge on any atom is -0.435 e. The molecular formula is C21H24O4. The zero-order valence-corrected chi connectivity index (χ0v) is 14.5. The maximum Gasteiger partial charge on any atom is 0.315 e. The third-order valence-corrected chi connectivity index (χ3v) is 11.7. The highest BCUT2D eigenvalue weighted by atomic mass is 16.7. The van der Waals surface area contributed by atoms with E-state index < -0.39 is 0 Å². The smallest absolute Gasteiger partial charge is 0.315 e. The number of esters is 1. The van der Waals surface area contributed by atoms with Gasteiger partial charge in [-0.2, -0.15) is 0 Å². The Balaban J connectivity index is 1.38. The van der Waals surface area contributed by atoms with Crippen LogP contribution in [0, 0.1) is 70.0 Å². The molecule has 2 saturated heterocycles. The molecule has 25 heavy (non-hydrogen) atoms. The number of carbonyl (C=O) groups excluding carboxylic acids is 1. The summed E-state index contributed by atoms with van der Waals surface area (Å²) in [6.45, 7) is 0. The molecule has 8 saturated carbocycles. The summed E-state index contributed by atoms with van der Waals surface area (Å²) in [5.41, 5.74) is -0.0817. The van der Waals surface area contributed by atoms with Crippen LogP contribution in [0.5, 0.6) is 0 Å². The molecule has 2 aliphatic heterocycles. The van der Waals surface area contributed by atoms with Crippen LogP contribution in [0.3, 0.4) is 0 Å². The number of fused-ring (bicyclic) bond motifs is 1. The fourth-order valence-corrected chi connectivity index (χ4v) is 12.5. The lowest BCUT2D eigenvalue weighted by molar-refractivity contribution is -0.280. The number of carbonyl (C=O) groups is 1. The van der Waals surface area contributed by atoms with Crippen LogP contribution in [0.1, 0.15) is 25.7 Å². The highest BCUT2D eigenvalue weighted by Crippen LogP contribution is 3.00. The molecule has 8 aliphatic carbocycles. The zero-order chi connectivity index (χ0) is 16.0. The van der Waals surface area contributed by atoms with Gasteiger partial charge in [0, 0.05) is 7.11 Å². The fourth-order valence-electron chi connectivity index (χ4n) is 12.5. The van der Waals surface area contributed by atoms with E-state index in [1.807, 2.05) is 7.11 Å². The summed E-state index contributed by atoms with van der Waals surface area (Å²) in [4.78, 5) is 13.6. The average Bonchev–Trinajstić information content (AvgIpc) is 3.37. The summed E-state index contributed by atoms with van der Waals surface area (Å²) >= 11 is 0. The van der Waals surface area contributed by atoms with Crippen LogP contribution in [0.2, 0.25) is 0 Å². The Morgan fingerprint density at radius 1 is 0.920 bits per heavy atom. The van der Waals surface area contributed by atoms with Crippen LogP contribution in [-0.2, 0) is 19.0 Å². The first-order chi connectivity index (χ1) is 12.3. The quantitative estimate of drug-likeness (QED) is 0.686. The number of rotatable bonds is 1. The van der Waals surface area contributed by atoms with Gasteiger partial charge in [-0.1, -0.05) is 0 Å². The van der Waals surface area contributed by atoms with Crippen molar-refractivity contribution < 1.29 is 19.0 Å². The molecule has 4 nitrogen and oxygen atoms in total. The summed E-state index contributed by atoms with van der Waals surface area (Å²) in [5.74, 6) is 7.36. The van der Waals surface area contributed by atoms with Gasteiger partial charge >= 0.3 is 5.97 Å². The average molecular weight is 340 g/mol. The second kappa shape index (κ2) is 3.22. The molecule has 10 rings (SSSR count). The van der Waals surface area contributed by atoms with Crippen LogP contribution in [0.25, 0.3) is 0 Å². The predicted octanol–water partition coefficient (Wildman–Crippen LogP) is 2.07. The van der Waals surface area contributed by atoms with Crippen molar-refractivity contribution in [1.82, 2.24) is 0 Å². The van der Waals surface area contributed by atoms with Gasteiger partial charge in [-0.3, -0.25) is 4.79 Å². The molecule has 4 heteroatoms. The Morgan fingerprint density at radius 3 is 2.60 bits per heavy atom. The van der Waals surface area contributed by atoms with Crippen LogP contribution in [0.15, 0.2) is 0 Å². The van der Waals surface area contributed by atoms with Crippen molar-refractivity contribution in [2.75, 3.05) is 7.11 Å². The van der Waals surface area contributed by atoms with E-state index in [4.69, 9.17) is 14.2 Å². The summed E-state index contributed by atoms with van der Waals surface area (Å²) in [6, 6.07) is 0. The standard InChI is InChI=1S/C21H24O4/c1-23-8-4-2-6-10(8)16-13-12-14-7-3-5-9-11(7)17(12)21(15(6)13)19(24-9)25-18(22)20(14,16)21/h6-17,19H,2-5H2,1H3/t6-,7-,8-,9+,10+,11+,12+,13+,14-,15+,16+,17+,19+,20+,21+/m1/s1. The summed E-state index contributed by atoms with van der Waals surface area (Å²) in [5, 5.41) is 0. The molecule has 0 aromatic carbocycles. The topological polar surface area (TPSA) is 44.8 Å². The van der Waals surface area contributed by atoms with Crippen molar-refractivity contribution >= 4 is 5.97 Å². The third-order valence-electron chi connectivity index (χ3n) is 11.7. The van der Waals surface area contributed by atoms with Gasteiger partial charge in [-0.15, -0.1) is 0 Å². The van der Waals surface area contributed by atoms with Crippen LogP contribution < -0.4 is 0 Å². The van der Waals surface area contributed by atoms with E-state index in [2.05, 4.69) is 0 Å². The van der Waals surface area contributed by atoms with Crippen molar-refractivity contribution in [1.29, 1.82) is 0 Å². The van der Waals surface area contributed by atoms with Crippen LogP contribution in [-0.4, -0.2) is 31.6 Å². The van der Waals surface area contributed by atoms with E-state index in [1.165, 1.54) is 25.7 Å². The van der Waals surface area contributed by atoms with Gasteiger partial charge in [0.2, 0.25) is 6.29 Å². The van der Waals surface area contributed by atoms with Crippen molar-refractivity contribution in [3.63, 3.8) is 0 Å². The highest BCUT2D eigenvalue weighted by Gasteiger charge is 3.04. The molecule has 2 spiro atoms.